The van der Waals surface area contributed by atoms with E-state index in [1.165, 1.54) is 18.3 Å². The van der Waals surface area contributed by atoms with Crippen LogP contribution < -0.4 is 14.4 Å². The van der Waals surface area contributed by atoms with Crippen LogP contribution in [0.15, 0.2) is 54.7 Å². The van der Waals surface area contributed by atoms with E-state index in [-0.39, 0.29) is 56.5 Å². The van der Waals surface area contributed by atoms with Crippen molar-refractivity contribution in [2.45, 2.75) is 26.1 Å². The van der Waals surface area contributed by atoms with Crippen molar-refractivity contribution in [3.63, 3.8) is 0 Å². The number of nitrogens with one attached hydrogen (secondary N) is 1. The number of halogens is 4. The van der Waals surface area contributed by atoms with E-state index in [0.717, 1.165) is 11.1 Å². The molecule has 5 rings (SSSR count). The molecule has 4 aromatic rings. The molecule has 11 heteroatoms. The van der Waals surface area contributed by atoms with Crippen LogP contribution in [0.4, 0.5) is 23.4 Å². The topological polar surface area (TPSA) is 70.7 Å². The third-order valence-corrected chi connectivity index (χ3v) is 6.97. The van der Waals surface area contributed by atoms with E-state index in [4.69, 9.17) is 4.74 Å². The number of fused-ring (bicyclic) bond motifs is 1. The number of carbonyl (C=O) groups excluding carboxylic acids is 1. The molecule has 212 valence electrons. The third-order valence-electron chi connectivity index (χ3n) is 6.97. The Morgan fingerprint density at radius 1 is 1.02 bits per heavy atom. The standard InChI is InChI=1S/C29H28F4N4O3.H2/c1-17(2)19-15-20(18-7-4-5-8-23(18)39-3)21-16-22(35-26(21)25(19)30)28(38)37-13-11-36(12-14-37)27-24(9-6-10-34-27)40-29(31,32)33;/h4-10,15-17,35H,11-14H2,1-3H3;1H. The minimum atomic E-state index is -4.85. The summed E-state index contributed by atoms with van der Waals surface area (Å²) in [7, 11) is 1.57. The van der Waals surface area contributed by atoms with Crippen molar-refractivity contribution in [1.29, 1.82) is 0 Å². The largest absolute Gasteiger partial charge is 0.573 e. The van der Waals surface area contributed by atoms with Crippen LogP contribution in [0.2, 0.25) is 0 Å². The van der Waals surface area contributed by atoms with Crippen LogP contribution in [-0.2, 0) is 0 Å². The number of aromatic amines is 1. The van der Waals surface area contributed by atoms with Gasteiger partial charge in [-0.15, -0.1) is 13.2 Å². The normalized spacial score (nSPS) is 14.2. The van der Waals surface area contributed by atoms with E-state index in [2.05, 4.69) is 14.7 Å². The van der Waals surface area contributed by atoms with Gasteiger partial charge in [-0.3, -0.25) is 4.79 Å². The fourth-order valence-electron chi connectivity index (χ4n) is 5.02. The van der Waals surface area contributed by atoms with Gasteiger partial charge < -0.3 is 24.3 Å². The van der Waals surface area contributed by atoms with Crippen LogP contribution >= 0.6 is 0 Å². The Bertz CT molecular complexity index is 1550. The Kier molecular flexibility index (Phi) is 7.31. The number of hydrogen-bond acceptors (Lipinski definition) is 5. The molecular formula is C29H30F4N4O3. The van der Waals surface area contributed by atoms with Crippen LogP contribution in [0, 0.1) is 5.82 Å². The lowest BCUT2D eigenvalue weighted by Crippen LogP contribution is -2.49. The maximum Gasteiger partial charge on any atom is 0.573 e. The average Bonchev–Trinajstić information content (AvgIpc) is 3.38. The molecular weight excluding hydrogens is 528 g/mol. The fraction of sp³-hybridized carbons (Fsp3) is 0.310. The molecule has 0 unspecified atom stereocenters. The van der Waals surface area contributed by atoms with Crippen LogP contribution in [0.3, 0.4) is 0 Å². The molecule has 1 aliphatic heterocycles. The van der Waals surface area contributed by atoms with Gasteiger partial charge in [0.05, 0.1) is 12.6 Å². The number of ether oxygens (including phenoxy) is 2. The van der Waals surface area contributed by atoms with Gasteiger partial charge in [0.2, 0.25) is 0 Å². The summed E-state index contributed by atoms with van der Waals surface area (Å²) in [5.41, 5.74) is 2.48. The highest BCUT2D eigenvalue weighted by Gasteiger charge is 2.34. The van der Waals surface area contributed by atoms with E-state index in [0.29, 0.717) is 16.7 Å². The number of anilines is 1. The fourth-order valence-corrected chi connectivity index (χ4v) is 5.02. The highest BCUT2D eigenvalue weighted by Crippen LogP contribution is 2.39. The minimum absolute atomic E-state index is 0. The summed E-state index contributed by atoms with van der Waals surface area (Å²) in [5, 5.41) is 0.552. The van der Waals surface area contributed by atoms with Crippen molar-refractivity contribution in [2.24, 2.45) is 0 Å². The first-order chi connectivity index (χ1) is 19.1. The minimum Gasteiger partial charge on any atom is -0.496 e. The van der Waals surface area contributed by atoms with Gasteiger partial charge in [0.1, 0.15) is 11.4 Å². The van der Waals surface area contributed by atoms with Crippen LogP contribution in [0.1, 0.15) is 37.2 Å². The average molecular weight is 559 g/mol. The summed E-state index contributed by atoms with van der Waals surface area (Å²) in [4.78, 5) is 23.8. The summed E-state index contributed by atoms with van der Waals surface area (Å²) >= 11 is 0. The maximum absolute atomic E-state index is 15.6. The molecule has 7 nitrogen and oxygen atoms in total. The van der Waals surface area contributed by atoms with Gasteiger partial charge in [-0.25, -0.2) is 9.37 Å². The van der Waals surface area contributed by atoms with Gasteiger partial charge in [-0.2, -0.15) is 0 Å². The Labute approximate surface area is 229 Å². The Morgan fingerprint density at radius 2 is 1.73 bits per heavy atom. The van der Waals surface area contributed by atoms with Gasteiger partial charge in [-0.05, 0) is 47.4 Å². The molecule has 1 aliphatic rings. The second-order valence-electron chi connectivity index (χ2n) is 9.81. The molecule has 1 fully saturated rings. The van der Waals surface area contributed by atoms with Gasteiger partial charge in [0, 0.05) is 44.8 Å². The number of benzene rings is 2. The van der Waals surface area contributed by atoms with Crippen LogP contribution in [0.25, 0.3) is 22.0 Å². The highest BCUT2D eigenvalue weighted by atomic mass is 19.4. The number of methoxy groups -OCH3 is 1. The molecule has 40 heavy (non-hydrogen) atoms. The molecule has 2 aromatic heterocycles. The molecule has 2 aromatic carbocycles. The molecule has 0 radical (unpaired) electrons. The first kappa shape index (κ1) is 27.3. The monoisotopic (exact) mass is 558 g/mol. The summed E-state index contributed by atoms with van der Waals surface area (Å²) in [6.45, 7) is 4.75. The zero-order valence-electron chi connectivity index (χ0n) is 22.2. The molecule has 1 saturated heterocycles. The first-order valence-corrected chi connectivity index (χ1v) is 12.8. The van der Waals surface area contributed by atoms with Crippen molar-refractivity contribution in [3.8, 4) is 22.6 Å². The maximum atomic E-state index is 15.6. The van der Waals surface area contributed by atoms with E-state index < -0.39 is 17.9 Å². The SMILES string of the molecule is COc1ccccc1-c1cc(C(C)C)c(F)c2[nH]c(C(=O)N3CCN(c4ncccc4OC(F)(F)F)CC3)cc12.[HH]. The Balaban J connectivity index is 0.00000387. The number of hydrogen-bond donors (Lipinski definition) is 1. The molecule has 0 spiro atoms. The van der Waals surface area contributed by atoms with E-state index >= 15 is 4.39 Å². The zero-order chi connectivity index (χ0) is 28.6. The second-order valence-corrected chi connectivity index (χ2v) is 9.81. The zero-order valence-corrected chi connectivity index (χ0v) is 22.2. The van der Waals surface area contributed by atoms with Crippen LogP contribution in [-0.4, -0.2) is 60.4 Å². The van der Waals surface area contributed by atoms with Crippen molar-refractivity contribution in [2.75, 3.05) is 38.2 Å². The van der Waals surface area contributed by atoms with Crippen molar-refractivity contribution >= 4 is 22.6 Å². The number of alkyl halides is 3. The van der Waals surface area contributed by atoms with Crippen molar-refractivity contribution in [1.82, 2.24) is 14.9 Å². The summed E-state index contributed by atoms with van der Waals surface area (Å²) in [6, 6.07) is 13.4. The quantitative estimate of drug-likeness (QED) is 0.270. The lowest BCUT2D eigenvalue weighted by Gasteiger charge is -2.35. The number of pyridine rings is 1. The number of aromatic nitrogens is 2. The molecule has 0 bridgehead atoms. The van der Waals surface area contributed by atoms with Gasteiger partial charge in [0.25, 0.3) is 5.91 Å². The number of para-hydroxylation sites is 1. The van der Waals surface area contributed by atoms with Crippen LogP contribution in [0.5, 0.6) is 11.5 Å². The Hall–Kier alpha value is -4.28. The highest BCUT2D eigenvalue weighted by molar-refractivity contribution is 6.04. The summed E-state index contributed by atoms with van der Waals surface area (Å²) in [6.07, 6.45) is -3.46. The lowest BCUT2D eigenvalue weighted by molar-refractivity contribution is -0.274. The molecule has 0 saturated carbocycles. The number of carbonyl (C=O) groups is 1. The predicted molar refractivity (Wildman–Crippen MR) is 145 cm³/mol. The number of amides is 1. The van der Waals surface area contributed by atoms with Gasteiger partial charge in [0.15, 0.2) is 17.4 Å². The predicted octanol–water partition coefficient (Wildman–Crippen LogP) is 6.61. The molecule has 0 aliphatic carbocycles. The van der Waals surface area contributed by atoms with Gasteiger partial charge >= 0.3 is 6.36 Å². The second kappa shape index (κ2) is 10.7. The first-order valence-electron chi connectivity index (χ1n) is 12.8. The number of piperazine rings is 1. The molecule has 3 heterocycles. The number of rotatable bonds is 6. The molecule has 1 N–H and O–H groups in total. The smallest absolute Gasteiger partial charge is 0.496 e. The van der Waals surface area contributed by atoms with Gasteiger partial charge in [-0.1, -0.05) is 32.0 Å². The Morgan fingerprint density at radius 3 is 2.40 bits per heavy atom. The number of H-pyrrole nitrogens is 1. The van der Waals surface area contributed by atoms with E-state index in [1.807, 2.05) is 38.1 Å². The number of nitrogens with zero attached hydrogens (tertiary/aromatic N) is 3. The summed E-state index contributed by atoms with van der Waals surface area (Å²) < 4.78 is 63.8. The summed E-state index contributed by atoms with van der Waals surface area (Å²) in [5.74, 6) is -0.571. The molecule has 0 atom stereocenters. The third kappa shape index (κ3) is 5.28. The molecule has 1 amide bonds. The van der Waals surface area contributed by atoms with Crippen molar-refractivity contribution in [3.05, 3.63) is 71.8 Å². The van der Waals surface area contributed by atoms with Crippen molar-refractivity contribution < 1.29 is 33.3 Å². The van der Waals surface area contributed by atoms with E-state index in [1.54, 1.807) is 29.0 Å². The lowest BCUT2D eigenvalue weighted by atomic mass is 9.93. The van der Waals surface area contributed by atoms with E-state index in [9.17, 15) is 18.0 Å².